The predicted molar refractivity (Wildman–Crippen MR) is 74.3 cm³/mol. The first-order valence-electron chi connectivity index (χ1n) is 6.38. The molecule has 1 aromatic carbocycles. The van der Waals surface area contributed by atoms with Crippen LogP contribution in [0.3, 0.4) is 0 Å². The predicted octanol–water partition coefficient (Wildman–Crippen LogP) is 2.29. The van der Waals surface area contributed by atoms with E-state index in [9.17, 15) is 9.59 Å². The van der Waals surface area contributed by atoms with Gasteiger partial charge in [-0.15, -0.1) is 0 Å². The minimum Gasteiger partial charge on any atom is -0.497 e. The second-order valence-corrected chi connectivity index (χ2v) is 5.16. The molecule has 0 aliphatic carbocycles. The van der Waals surface area contributed by atoms with E-state index in [2.05, 4.69) is 0 Å². The van der Waals surface area contributed by atoms with Crippen LogP contribution in [0.1, 0.15) is 23.2 Å². The lowest BCUT2D eigenvalue weighted by Gasteiger charge is -2.30. The van der Waals surface area contributed by atoms with Crippen LogP contribution in [0.25, 0.3) is 0 Å². The average Bonchev–Trinajstić information content (AvgIpc) is 2.46. The van der Waals surface area contributed by atoms with Gasteiger partial charge in [0, 0.05) is 13.1 Å². The molecule has 1 aliphatic heterocycles. The largest absolute Gasteiger partial charge is 0.497 e. The fourth-order valence-electron chi connectivity index (χ4n) is 2.30. The smallest absolute Gasteiger partial charge is 0.306 e. The summed E-state index contributed by atoms with van der Waals surface area (Å²) < 4.78 is 5.04. The van der Waals surface area contributed by atoms with E-state index in [4.69, 9.17) is 21.4 Å². The average molecular weight is 298 g/mol. The van der Waals surface area contributed by atoms with Crippen LogP contribution in [0.2, 0.25) is 5.02 Å². The highest BCUT2D eigenvalue weighted by Gasteiger charge is 2.28. The number of ether oxygens (including phenoxy) is 1. The van der Waals surface area contributed by atoms with Crippen molar-refractivity contribution in [1.29, 1.82) is 0 Å². The number of hydrogen-bond acceptors (Lipinski definition) is 3. The Labute approximate surface area is 122 Å². The number of carboxylic acids is 1. The standard InChI is InChI=1S/C14H16ClNO4/c1-20-10-2-3-11(12(15)8-10)13(17)16-6-4-9(5-7-16)14(18)19/h2-3,8-9H,4-7H2,1H3,(H,18,19). The van der Waals surface area contributed by atoms with Crippen molar-refractivity contribution in [3.63, 3.8) is 0 Å². The third-order valence-electron chi connectivity index (χ3n) is 3.54. The van der Waals surface area contributed by atoms with Gasteiger partial charge >= 0.3 is 5.97 Å². The van der Waals surface area contributed by atoms with E-state index in [1.807, 2.05) is 0 Å². The molecule has 0 saturated carbocycles. The van der Waals surface area contributed by atoms with Gasteiger partial charge in [0.2, 0.25) is 0 Å². The summed E-state index contributed by atoms with van der Waals surface area (Å²) in [6.07, 6.45) is 0.962. The molecule has 20 heavy (non-hydrogen) atoms. The zero-order valence-corrected chi connectivity index (χ0v) is 11.9. The van der Waals surface area contributed by atoms with Crippen molar-refractivity contribution >= 4 is 23.5 Å². The molecule has 1 saturated heterocycles. The van der Waals surface area contributed by atoms with Gasteiger partial charge in [0.1, 0.15) is 5.75 Å². The zero-order valence-electron chi connectivity index (χ0n) is 11.1. The van der Waals surface area contributed by atoms with Crippen molar-refractivity contribution in [2.75, 3.05) is 20.2 Å². The molecule has 0 radical (unpaired) electrons. The highest BCUT2D eigenvalue weighted by molar-refractivity contribution is 6.34. The van der Waals surface area contributed by atoms with Gasteiger partial charge in [0.25, 0.3) is 5.91 Å². The van der Waals surface area contributed by atoms with E-state index >= 15 is 0 Å². The summed E-state index contributed by atoms with van der Waals surface area (Å²) >= 11 is 6.08. The highest BCUT2D eigenvalue weighted by Crippen LogP contribution is 2.25. The monoisotopic (exact) mass is 297 g/mol. The first-order chi connectivity index (χ1) is 9.52. The number of piperidine rings is 1. The Kier molecular flexibility index (Phi) is 4.49. The molecule has 1 aromatic rings. The Bertz CT molecular complexity index is 524. The first-order valence-corrected chi connectivity index (χ1v) is 6.76. The molecule has 1 N–H and O–H groups in total. The summed E-state index contributed by atoms with van der Waals surface area (Å²) in [6, 6.07) is 4.91. The Morgan fingerprint density at radius 3 is 2.50 bits per heavy atom. The Morgan fingerprint density at radius 2 is 2.00 bits per heavy atom. The summed E-state index contributed by atoms with van der Waals surface area (Å²) in [6.45, 7) is 0.885. The maximum absolute atomic E-state index is 12.3. The Morgan fingerprint density at radius 1 is 1.35 bits per heavy atom. The van der Waals surface area contributed by atoms with E-state index in [1.165, 1.54) is 7.11 Å². The zero-order chi connectivity index (χ0) is 14.7. The third kappa shape index (κ3) is 3.04. The Hall–Kier alpha value is -1.75. The van der Waals surface area contributed by atoms with E-state index < -0.39 is 5.97 Å². The summed E-state index contributed by atoms with van der Waals surface area (Å²) in [5, 5.41) is 9.29. The SMILES string of the molecule is COc1ccc(C(=O)N2CCC(C(=O)O)CC2)c(Cl)c1. The number of likely N-dealkylation sites (tertiary alicyclic amines) is 1. The van der Waals surface area contributed by atoms with Crippen molar-refractivity contribution in [2.24, 2.45) is 5.92 Å². The number of nitrogens with zero attached hydrogens (tertiary/aromatic N) is 1. The van der Waals surface area contributed by atoms with Crippen molar-refractivity contribution in [3.05, 3.63) is 28.8 Å². The number of carbonyl (C=O) groups is 2. The van der Waals surface area contributed by atoms with Gasteiger partial charge in [-0.1, -0.05) is 11.6 Å². The maximum Gasteiger partial charge on any atom is 0.306 e. The van der Waals surface area contributed by atoms with Gasteiger partial charge in [0.15, 0.2) is 0 Å². The third-order valence-corrected chi connectivity index (χ3v) is 3.85. The number of carbonyl (C=O) groups excluding carboxylic acids is 1. The summed E-state index contributed by atoms with van der Waals surface area (Å²) in [5.41, 5.74) is 0.418. The van der Waals surface area contributed by atoms with Crippen LogP contribution in [0, 0.1) is 5.92 Å². The molecule has 6 heteroatoms. The van der Waals surface area contributed by atoms with Gasteiger partial charge in [-0.05, 0) is 31.0 Å². The lowest BCUT2D eigenvalue weighted by Crippen LogP contribution is -2.40. The second-order valence-electron chi connectivity index (χ2n) is 4.75. The molecule has 1 aliphatic rings. The molecule has 0 unspecified atom stereocenters. The number of rotatable bonds is 3. The minimum atomic E-state index is -0.792. The topological polar surface area (TPSA) is 66.8 Å². The number of methoxy groups -OCH3 is 1. The number of amides is 1. The Balaban J connectivity index is 2.07. The van der Waals surface area contributed by atoms with Crippen molar-refractivity contribution in [3.8, 4) is 5.75 Å². The van der Waals surface area contributed by atoms with Crippen molar-refractivity contribution < 1.29 is 19.4 Å². The normalized spacial score (nSPS) is 16.0. The molecule has 5 nitrogen and oxygen atoms in total. The first kappa shape index (κ1) is 14.7. The van der Waals surface area contributed by atoms with E-state index in [0.29, 0.717) is 42.3 Å². The van der Waals surface area contributed by atoms with E-state index in [0.717, 1.165) is 0 Å². The molecule has 0 aromatic heterocycles. The van der Waals surface area contributed by atoms with E-state index in [-0.39, 0.29) is 11.8 Å². The quantitative estimate of drug-likeness (QED) is 0.929. The number of hydrogen-bond donors (Lipinski definition) is 1. The highest BCUT2D eigenvalue weighted by atomic mass is 35.5. The summed E-state index contributed by atoms with van der Waals surface area (Å²) in [5.74, 6) is -0.720. The van der Waals surface area contributed by atoms with Crippen LogP contribution in [-0.4, -0.2) is 42.1 Å². The number of carboxylic acid groups (broad SMARTS) is 1. The van der Waals surface area contributed by atoms with E-state index in [1.54, 1.807) is 23.1 Å². The summed E-state index contributed by atoms with van der Waals surface area (Å²) in [7, 11) is 1.53. The van der Waals surface area contributed by atoms with Crippen LogP contribution < -0.4 is 4.74 Å². The fourth-order valence-corrected chi connectivity index (χ4v) is 2.55. The van der Waals surface area contributed by atoms with Gasteiger partial charge in [0.05, 0.1) is 23.6 Å². The van der Waals surface area contributed by atoms with Crippen LogP contribution in [0.4, 0.5) is 0 Å². The maximum atomic E-state index is 12.3. The van der Waals surface area contributed by atoms with Crippen LogP contribution in [-0.2, 0) is 4.79 Å². The lowest BCUT2D eigenvalue weighted by molar-refractivity contribution is -0.143. The molecule has 0 bridgehead atoms. The van der Waals surface area contributed by atoms with Gasteiger partial charge in [-0.3, -0.25) is 9.59 Å². The second kappa shape index (κ2) is 6.13. The molecular weight excluding hydrogens is 282 g/mol. The van der Waals surface area contributed by atoms with Crippen molar-refractivity contribution in [1.82, 2.24) is 4.90 Å². The van der Waals surface area contributed by atoms with Gasteiger partial charge in [-0.25, -0.2) is 0 Å². The number of aliphatic carboxylic acids is 1. The molecule has 108 valence electrons. The fraction of sp³-hybridized carbons (Fsp3) is 0.429. The van der Waals surface area contributed by atoms with Crippen LogP contribution >= 0.6 is 11.6 Å². The molecule has 1 amide bonds. The molecule has 1 fully saturated rings. The molecule has 2 rings (SSSR count). The summed E-state index contributed by atoms with van der Waals surface area (Å²) in [4.78, 5) is 24.9. The molecule has 0 spiro atoms. The molecule has 1 heterocycles. The lowest BCUT2D eigenvalue weighted by atomic mass is 9.96. The van der Waals surface area contributed by atoms with Gasteiger partial charge in [-0.2, -0.15) is 0 Å². The number of halogens is 1. The van der Waals surface area contributed by atoms with Crippen molar-refractivity contribution in [2.45, 2.75) is 12.8 Å². The number of benzene rings is 1. The van der Waals surface area contributed by atoms with Gasteiger partial charge < -0.3 is 14.7 Å². The van der Waals surface area contributed by atoms with Crippen LogP contribution in [0.5, 0.6) is 5.75 Å². The molecular formula is C14H16ClNO4. The molecule has 0 atom stereocenters. The minimum absolute atomic E-state index is 0.165. The van der Waals surface area contributed by atoms with Crippen LogP contribution in [0.15, 0.2) is 18.2 Å².